The molecule has 0 amide bonds. The lowest BCUT2D eigenvalue weighted by molar-refractivity contribution is -0.00543. The summed E-state index contributed by atoms with van der Waals surface area (Å²) in [5.74, 6) is 2.58. The van der Waals surface area contributed by atoms with E-state index in [4.69, 9.17) is 16.9 Å². The van der Waals surface area contributed by atoms with Crippen LogP contribution in [0.25, 0.3) is 0 Å². The van der Waals surface area contributed by atoms with Crippen LogP contribution in [0.1, 0.15) is 40.5 Å². The van der Waals surface area contributed by atoms with Crippen molar-refractivity contribution in [2.24, 2.45) is 5.73 Å². The lowest BCUT2D eigenvalue weighted by Crippen LogP contribution is -2.45. The van der Waals surface area contributed by atoms with E-state index in [-0.39, 0.29) is 5.54 Å². The summed E-state index contributed by atoms with van der Waals surface area (Å²) >= 11 is 0. The van der Waals surface area contributed by atoms with Crippen molar-refractivity contribution in [3.8, 4) is 12.3 Å². The highest BCUT2D eigenvalue weighted by Crippen LogP contribution is 2.16. The van der Waals surface area contributed by atoms with E-state index in [0.717, 1.165) is 12.8 Å². The van der Waals surface area contributed by atoms with Gasteiger partial charge in [0.15, 0.2) is 0 Å². The summed E-state index contributed by atoms with van der Waals surface area (Å²) in [6.45, 7) is 8.40. The van der Waals surface area contributed by atoms with Crippen LogP contribution in [0.4, 0.5) is 0 Å². The van der Waals surface area contributed by atoms with Crippen molar-refractivity contribution >= 4 is 0 Å². The van der Waals surface area contributed by atoms with Crippen molar-refractivity contribution in [1.82, 2.24) is 0 Å². The third kappa shape index (κ3) is 4.31. The molecule has 0 saturated carbocycles. The number of terminal acetylenes is 1. The van der Waals surface area contributed by atoms with E-state index in [2.05, 4.69) is 19.8 Å². The van der Waals surface area contributed by atoms with Crippen LogP contribution in [0, 0.1) is 12.3 Å². The third-order valence-corrected chi connectivity index (χ3v) is 2.48. The molecule has 0 aliphatic carbocycles. The minimum Gasteiger partial charge on any atom is -0.361 e. The molecule has 76 valence electrons. The lowest BCUT2D eigenvalue weighted by Gasteiger charge is -2.30. The zero-order chi connectivity index (χ0) is 10.5. The van der Waals surface area contributed by atoms with E-state index in [1.54, 1.807) is 0 Å². The second kappa shape index (κ2) is 4.64. The average molecular weight is 183 g/mol. The van der Waals surface area contributed by atoms with Crippen LogP contribution >= 0.6 is 0 Å². The zero-order valence-electron chi connectivity index (χ0n) is 9.18. The van der Waals surface area contributed by atoms with E-state index in [1.807, 2.05) is 13.8 Å². The molecular weight excluding hydrogens is 162 g/mol. The summed E-state index contributed by atoms with van der Waals surface area (Å²) < 4.78 is 5.56. The van der Waals surface area contributed by atoms with Crippen molar-refractivity contribution in [1.29, 1.82) is 0 Å². The van der Waals surface area contributed by atoms with Crippen molar-refractivity contribution in [2.75, 3.05) is 6.61 Å². The van der Waals surface area contributed by atoms with Crippen LogP contribution in [-0.2, 0) is 4.74 Å². The van der Waals surface area contributed by atoms with Crippen LogP contribution in [0.5, 0.6) is 0 Å². The molecule has 0 aliphatic rings. The van der Waals surface area contributed by atoms with Crippen LogP contribution in [-0.4, -0.2) is 17.7 Å². The summed E-state index contributed by atoms with van der Waals surface area (Å²) in [7, 11) is 0. The molecule has 0 radical (unpaired) electrons. The minimum absolute atomic E-state index is 0.228. The largest absolute Gasteiger partial charge is 0.361 e. The zero-order valence-corrected chi connectivity index (χ0v) is 9.18. The molecule has 0 saturated heterocycles. The second-order valence-electron chi connectivity index (χ2n) is 4.01. The van der Waals surface area contributed by atoms with Gasteiger partial charge in [0.25, 0.3) is 0 Å². The molecule has 13 heavy (non-hydrogen) atoms. The average Bonchev–Trinajstić information content (AvgIpc) is 2.14. The lowest BCUT2D eigenvalue weighted by atomic mass is 9.95. The van der Waals surface area contributed by atoms with E-state index >= 15 is 0 Å². The third-order valence-electron chi connectivity index (χ3n) is 2.48. The molecule has 0 aromatic heterocycles. The molecule has 2 N–H and O–H groups in total. The van der Waals surface area contributed by atoms with Gasteiger partial charge in [0.05, 0.1) is 6.61 Å². The Morgan fingerprint density at radius 2 is 1.77 bits per heavy atom. The maximum Gasteiger partial charge on any atom is 0.122 e. The van der Waals surface area contributed by atoms with Gasteiger partial charge in [0.1, 0.15) is 5.60 Å². The first-order valence-electron chi connectivity index (χ1n) is 4.80. The maximum absolute atomic E-state index is 6.06. The van der Waals surface area contributed by atoms with Gasteiger partial charge in [-0.2, -0.15) is 0 Å². The Morgan fingerprint density at radius 1 is 1.31 bits per heavy atom. The summed E-state index contributed by atoms with van der Waals surface area (Å²) in [5.41, 5.74) is 5.33. The summed E-state index contributed by atoms with van der Waals surface area (Å²) in [4.78, 5) is 0. The Labute approximate surface area is 81.8 Å². The smallest absolute Gasteiger partial charge is 0.122 e. The molecule has 0 bridgehead atoms. The highest BCUT2D eigenvalue weighted by molar-refractivity contribution is 5.03. The molecule has 0 aromatic carbocycles. The molecule has 0 rings (SSSR count). The Balaban J connectivity index is 4.09. The predicted octanol–water partition coefficient (Wildman–Crippen LogP) is 1.93. The minimum atomic E-state index is -0.505. The monoisotopic (exact) mass is 183 g/mol. The molecule has 2 heteroatoms. The summed E-state index contributed by atoms with van der Waals surface area (Å²) in [5, 5.41) is 0. The fraction of sp³-hybridized carbons (Fsp3) is 0.818. The first-order valence-corrected chi connectivity index (χ1v) is 4.80. The van der Waals surface area contributed by atoms with Crippen LogP contribution in [0.3, 0.4) is 0 Å². The number of nitrogens with two attached hydrogens (primary N) is 1. The quantitative estimate of drug-likeness (QED) is 0.661. The molecule has 0 heterocycles. The molecular formula is C11H21NO. The van der Waals surface area contributed by atoms with E-state index < -0.39 is 5.60 Å². The number of hydrogen-bond donors (Lipinski definition) is 1. The van der Waals surface area contributed by atoms with Gasteiger partial charge in [-0.25, -0.2) is 0 Å². The molecule has 0 unspecified atom stereocenters. The standard InChI is InChI=1S/C11H21NO/c1-6-10(4,5)13-9-11(12,7-2)8-3/h1H,7-9,12H2,2-5H3. The van der Waals surface area contributed by atoms with Crippen molar-refractivity contribution in [2.45, 2.75) is 51.7 Å². The topological polar surface area (TPSA) is 35.2 Å². The molecule has 0 aromatic rings. The van der Waals surface area contributed by atoms with Gasteiger partial charge < -0.3 is 10.5 Å². The van der Waals surface area contributed by atoms with Gasteiger partial charge in [-0.1, -0.05) is 19.8 Å². The molecule has 0 atom stereocenters. The van der Waals surface area contributed by atoms with Gasteiger partial charge in [-0.3, -0.25) is 0 Å². The normalized spacial score (nSPS) is 12.6. The van der Waals surface area contributed by atoms with Crippen molar-refractivity contribution in [3.63, 3.8) is 0 Å². The number of hydrogen-bond acceptors (Lipinski definition) is 2. The van der Waals surface area contributed by atoms with Gasteiger partial charge in [0.2, 0.25) is 0 Å². The molecule has 0 fully saturated rings. The second-order valence-corrected chi connectivity index (χ2v) is 4.01. The molecule has 0 spiro atoms. The van der Waals surface area contributed by atoms with Gasteiger partial charge >= 0.3 is 0 Å². The SMILES string of the molecule is C#CC(C)(C)OCC(N)(CC)CC. The maximum atomic E-state index is 6.06. The fourth-order valence-electron chi connectivity index (χ4n) is 0.820. The van der Waals surface area contributed by atoms with E-state index in [1.165, 1.54) is 0 Å². The summed E-state index contributed by atoms with van der Waals surface area (Å²) in [6, 6.07) is 0. The van der Waals surface area contributed by atoms with Crippen molar-refractivity contribution < 1.29 is 4.74 Å². The van der Waals surface area contributed by atoms with Crippen LogP contribution in [0.15, 0.2) is 0 Å². The van der Waals surface area contributed by atoms with E-state index in [0.29, 0.717) is 6.61 Å². The summed E-state index contributed by atoms with van der Waals surface area (Å²) in [6.07, 6.45) is 7.12. The Bertz CT molecular complexity index is 187. The van der Waals surface area contributed by atoms with E-state index in [9.17, 15) is 0 Å². The number of rotatable bonds is 5. The Hall–Kier alpha value is -0.520. The Morgan fingerprint density at radius 3 is 2.08 bits per heavy atom. The highest BCUT2D eigenvalue weighted by atomic mass is 16.5. The number of ether oxygens (including phenoxy) is 1. The van der Waals surface area contributed by atoms with Gasteiger partial charge in [0, 0.05) is 5.54 Å². The van der Waals surface area contributed by atoms with Gasteiger partial charge in [-0.15, -0.1) is 6.42 Å². The van der Waals surface area contributed by atoms with Crippen molar-refractivity contribution in [3.05, 3.63) is 0 Å². The fourth-order valence-corrected chi connectivity index (χ4v) is 0.820. The molecule has 0 aliphatic heterocycles. The predicted molar refractivity (Wildman–Crippen MR) is 56.4 cm³/mol. The highest BCUT2D eigenvalue weighted by Gasteiger charge is 2.24. The Kier molecular flexibility index (Phi) is 4.46. The first kappa shape index (κ1) is 12.5. The van der Waals surface area contributed by atoms with Crippen LogP contribution in [0.2, 0.25) is 0 Å². The molecule has 2 nitrogen and oxygen atoms in total. The van der Waals surface area contributed by atoms with Gasteiger partial charge in [-0.05, 0) is 26.7 Å². The first-order chi connectivity index (χ1) is 5.89. The van der Waals surface area contributed by atoms with Crippen LogP contribution < -0.4 is 5.73 Å².